The van der Waals surface area contributed by atoms with Gasteiger partial charge in [-0.2, -0.15) is 0 Å². The second-order valence-electron chi connectivity index (χ2n) is 7.11. The van der Waals surface area contributed by atoms with Gasteiger partial charge in [-0.15, -0.1) is 0 Å². The second-order valence-corrected chi connectivity index (χ2v) is 7.11. The summed E-state index contributed by atoms with van der Waals surface area (Å²) < 4.78 is 18.4. The van der Waals surface area contributed by atoms with E-state index in [9.17, 15) is 4.79 Å². The fraction of sp³-hybridized carbons (Fsp3) is 0.304. The Hall–Kier alpha value is -3.48. The lowest BCUT2D eigenvalue weighted by atomic mass is 10.0. The number of nitrogens with zero attached hydrogens (tertiary/aromatic N) is 2. The number of hydrogen-bond donors (Lipinski definition) is 1. The van der Waals surface area contributed by atoms with Crippen molar-refractivity contribution in [3.8, 4) is 17.2 Å². The average Bonchev–Trinajstić information content (AvgIpc) is 3.17. The third kappa shape index (κ3) is 4.74. The van der Waals surface area contributed by atoms with Gasteiger partial charge in [0, 0.05) is 25.0 Å². The standard InChI is InChI=1S/C23H27N3O4/c1-15(2)30-19-10-9-17(14-20(19)29-5)23(27)25-21(22-24-11-12-26(22)3)16-7-6-8-18(13-16)28-4/h6-15,21H,1-5H3,(H,25,27). The van der Waals surface area contributed by atoms with E-state index < -0.39 is 6.04 Å². The molecule has 0 fully saturated rings. The van der Waals surface area contributed by atoms with E-state index in [0.29, 0.717) is 28.6 Å². The number of ether oxygens (including phenoxy) is 3. The van der Waals surface area contributed by atoms with Gasteiger partial charge in [0.2, 0.25) is 0 Å². The lowest BCUT2D eigenvalue weighted by molar-refractivity contribution is 0.0940. The van der Waals surface area contributed by atoms with Gasteiger partial charge < -0.3 is 24.1 Å². The first-order valence-electron chi connectivity index (χ1n) is 9.69. The predicted octanol–water partition coefficient (Wildman–Crippen LogP) is 3.74. The van der Waals surface area contributed by atoms with Gasteiger partial charge >= 0.3 is 0 Å². The van der Waals surface area contributed by atoms with Crippen LogP contribution < -0.4 is 19.5 Å². The average molecular weight is 409 g/mol. The summed E-state index contributed by atoms with van der Waals surface area (Å²) >= 11 is 0. The van der Waals surface area contributed by atoms with Crippen LogP contribution in [0.2, 0.25) is 0 Å². The molecule has 1 heterocycles. The van der Waals surface area contributed by atoms with Crippen LogP contribution in [0.3, 0.4) is 0 Å². The Morgan fingerprint density at radius 1 is 1.07 bits per heavy atom. The fourth-order valence-corrected chi connectivity index (χ4v) is 3.15. The summed E-state index contributed by atoms with van der Waals surface area (Å²) in [5.74, 6) is 2.27. The minimum Gasteiger partial charge on any atom is -0.497 e. The van der Waals surface area contributed by atoms with Gasteiger partial charge in [-0.25, -0.2) is 4.98 Å². The molecule has 0 spiro atoms. The number of nitrogens with one attached hydrogen (secondary N) is 1. The number of hydrogen-bond acceptors (Lipinski definition) is 5. The molecule has 1 N–H and O–H groups in total. The second kappa shape index (κ2) is 9.35. The van der Waals surface area contributed by atoms with Gasteiger partial charge in [-0.3, -0.25) is 4.79 Å². The number of amides is 1. The van der Waals surface area contributed by atoms with E-state index in [2.05, 4.69) is 10.3 Å². The summed E-state index contributed by atoms with van der Waals surface area (Å²) in [5.41, 5.74) is 1.33. The molecule has 3 rings (SSSR count). The maximum atomic E-state index is 13.1. The Kier molecular flexibility index (Phi) is 6.61. The molecule has 7 nitrogen and oxygen atoms in total. The zero-order chi connectivity index (χ0) is 21.7. The number of aryl methyl sites for hydroxylation is 1. The fourth-order valence-electron chi connectivity index (χ4n) is 3.15. The number of carbonyl (C=O) groups excluding carboxylic acids is 1. The van der Waals surface area contributed by atoms with Gasteiger partial charge in [-0.1, -0.05) is 12.1 Å². The lowest BCUT2D eigenvalue weighted by Crippen LogP contribution is -2.31. The van der Waals surface area contributed by atoms with Crippen molar-refractivity contribution in [2.45, 2.75) is 26.0 Å². The highest BCUT2D eigenvalue weighted by molar-refractivity contribution is 5.95. The molecule has 0 radical (unpaired) electrons. The van der Waals surface area contributed by atoms with Crippen LogP contribution in [0.15, 0.2) is 54.9 Å². The molecule has 3 aromatic rings. The van der Waals surface area contributed by atoms with Gasteiger partial charge in [-0.05, 0) is 49.7 Å². The van der Waals surface area contributed by atoms with Gasteiger partial charge in [0.05, 0.1) is 20.3 Å². The van der Waals surface area contributed by atoms with Gasteiger partial charge in [0.25, 0.3) is 5.91 Å². The largest absolute Gasteiger partial charge is 0.497 e. The third-order valence-corrected chi connectivity index (χ3v) is 4.61. The molecule has 2 aromatic carbocycles. The van der Waals surface area contributed by atoms with E-state index in [-0.39, 0.29) is 12.0 Å². The Balaban J connectivity index is 1.93. The van der Waals surface area contributed by atoms with Crippen LogP contribution in [-0.2, 0) is 7.05 Å². The molecule has 0 aliphatic rings. The van der Waals surface area contributed by atoms with Crippen molar-refractivity contribution in [2.24, 2.45) is 7.05 Å². The lowest BCUT2D eigenvalue weighted by Gasteiger charge is -2.20. The van der Waals surface area contributed by atoms with Crippen molar-refractivity contribution >= 4 is 5.91 Å². The summed E-state index contributed by atoms with van der Waals surface area (Å²) in [6.07, 6.45) is 3.55. The molecule has 1 amide bonds. The molecule has 7 heteroatoms. The van der Waals surface area contributed by atoms with E-state index in [1.807, 2.05) is 55.9 Å². The number of aromatic nitrogens is 2. The smallest absolute Gasteiger partial charge is 0.252 e. The van der Waals surface area contributed by atoms with Gasteiger partial charge in [0.15, 0.2) is 11.5 Å². The maximum absolute atomic E-state index is 13.1. The van der Waals surface area contributed by atoms with E-state index in [0.717, 1.165) is 5.56 Å². The summed E-state index contributed by atoms with van der Waals surface area (Å²) in [4.78, 5) is 17.6. The number of methoxy groups -OCH3 is 2. The summed E-state index contributed by atoms with van der Waals surface area (Å²) in [6, 6.07) is 12.3. The number of carbonyl (C=O) groups is 1. The summed E-state index contributed by atoms with van der Waals surface area (Å²) in [5, 5.41) is 3.08. The molecule has 158 valence electrons. The highest BCUT2D eigenvalue weighted by Crippen LogP contribution is 2.30. The summed E-state index contributed by atoms with van der Waals surface area (Å²) in [6.45, 7) is 3.87. The Bertz CT molecular complexity index is 1010. The minimum absolute atomic E-state index is 0.000525. The van der Waals surface area contributed by atoms with Crippen molar-refractivity contribution in [1.82, 2.24) is 14.9 Å². The molecule has 1 atom stereocenters. The molecule has 0 bridgehead atoms. The zero-order valence-corrected chi connectivity index (χ0v) is 17.9. The van der Waals surface area contributed by atoms with Crippen LogP contribution in [0.25, 0.3) is 0 Å². The Morgan fingerprint density at radius 2 is 1.87 bits per heavy atom. The molecule has 1 aromatic heterocycles. The number of benzene rings is 2. The molecule has 0 saturated heterocycles. The molecular formula is C23H27N3O4. The SMILES string of the molecule is COc1cccc(C(NC(=O)c2ccc(OC(C)C)c(OC)c2)c2nccn2C)c1. The summed E-state index contributed by atoms with van der Waals surface area (Å²) in [7, 11) is 5.06. The van der Waals surface area contributed by atoms with Crippen molar-refractivity contribution in [1.29, 1.82) is 0 Å². The van der Waals surface area contributed by atoms with E-state index in [1.165, 1.54) is 0 Å². The first kappa shape index (κ1) is 21.2. The Morgan fingerprint density at radius 3 is 2.50 bits per heavy atom. The molecule has 30 heavy (non-hydrogen) atoms. The molecule has 0 saturated carbocycles. The Labute approximate surface area is 176 Å². The van der Waals surface area contributed by atoms with Crippen LogP contribution in [0, 0.1) is 0 Å². The van der Waals surface area contributed by atoms with Crippen molar-refractivity contribution in [2.75, 3.05) is 14.2 Å². The number of imidazole rings is 1. The van der Waals surface area contributed by atoms with E-state index in [4.69, 9.17) is 14.2 Å². The van der Waals surface area contributed by atoms with Crippen molar-refractivity contribution in [3.63, 3.8) is 0 Å². The number of rotatable bonds is 8. The zero-order valence-electron chi connectivity index (χ0n) is 17.9. The maximum Gasteiger partial charge on any atom is 0.252 e. The molecule has 0 aliphatic carbocycles. The van der Waals surface area contributed by atoms with Crippen LogP contribution in [-0.4, -0.2) is 35.8 Å². The third-order valence-electron chi connectivity index (χ3n) is 4.61. The van der Waals surface area contributed by atoms with Crippen molar-refractivity contribution < 1.29 is 19.0 Å². The van der Waals surface area contributed by atoms with Gasteiger partial charge in [0.1, 0.15) is 17.6 Å². The van der Waals surface area contributed by atoms with E-state index >= 15 is 0 Å². The monoisotopic (exact) mass is 409 g/mol. The van der Waals surface area contributed by atoms with Crippen LogP contribution in [0.1, 0.15) is 41.6 Å². The predicted molar refractivity (Wildman–Crippen MR) is 114 cm³/mol. The topological polar surface area (TPSA) is 74.6 Å². The van der Waals surface area contributed by atoms with Crippen molar-refractivity contribution in [3.05, 3.63) is 71.8 Å². The highest BCUT2D eigenvalue weighted by atomic mass is 16.5. The van der Waals surface area contributed by atoms with E-state index in [1.54, 1.807) is 38.6 Å². The van der Waals surface area contributed by atoms with Crippen LogP contribution >= 0.6 is 0 Å². The molecule has 1 unspecified atom stereocenters. The highest BCUT2D eigenvalue weighted by Gasteiger charge is 2.23. The molecular weight excluding hydrogens is 382 g/mol. The first-order chi connectivity index (χ1) is 14.4. The van der Waals surface area contributed by atoms with Crippen LogP contribution in [0.5, 0.6) is 17.2 Å². The molecule has 0 aliphatic heterocycles. The quantitative estimate of drug-likeness (QED) is 0.613. The van der Waals surface area contributed by atoms with Crippen LogP contribution in [0.4, 0.5) is 0 Å². The normalized spacial score (nSPS) is 11.8. The first-order valence-corrected chi connectivity index (χ1v) is 9.69. The minimum atomic E-state index is -0.454.